The van der Waals surface area contributed by atoms with Crippen molar-refractivity contribution >= 4 is 54.9 Å². The van der Waals surface area contributed by atoms with E-state index in [2.05, 4.69) is 26.6 Å². The third-order valence-electron chi connectivity index (χ3n) is 3.63. The predicted molar refractivity (Wildman–Crippen MR) is 113 cm³/mol. The largest absolute Gasteiger partial charge is 0.451 e. The summed E-state index contributed by atoms with van der Waals surface area (Å²) in [5.41, 5.74) is 1.32. The Labute approximate surface area is 175 Å². The number of hydrogen-bond donors (Lipinski definition) is 3. The number of furan rings is 1. The van der Waals surface area contributed by atoms with Gasteiger partial charge in [0.25, 0.3) is 5.91 Å². The third-order valence-corrected chi connectivity index (χ3v) is 5.29. The first-order chi connectivity index (χ1) is 13.2. The Morgan fingerprint density at radius 2 is 1.64 bits per heavy atom. The summed E-state index contributed by atoms with van der Waals surface area (Å²) in [6.07, 6.45) is 0. The number of thiocarbonyl (C=S) groups is 1. The van der Waals surface area contributed by atoms with E-state index < -0.39 is 15.9 Å². The van der Waals surface area contributed by atoms with Crippen molar-refractivity contribution in [1.82, 2.24) is 5.32 Å². The van der Waals surface area contributed by atoms with Gasteiger partial charge in [-0.1, -0.05) is 28.1 Å². The molecule has 0 aliphatic heterocycles. The lowest BCUT2D eigenvalue weighted by Gasteiger charge is -2.09. The van der Waals surface area contributed by atoms with Crippen LogP contribution in [-0.2, 0) is 10.0 Å². The van der Waals surface area contributed by atoms with Gasteiger partial charge in [0.15, 0.2) is 10.9 Å². The molecule has 28 heavy (non-hydrogen) atoms. The summed E-state index contributed by atoms with van der Waals surface area (Å²) in [5.74, 6) is 0.142. The molecule has 2 aromatic carbocycles. The molecular weight excluding hydrogens is 466 g/mol. The number of rotatable bonds is 4. The second-order valence-corrected chi connectivity index (χ2v) is 8.53. The maximum Gasteiger partial charge on any atom is 0.293 e. The molecule has 0 spiro atoms. The van der Waals surface area contributed by atoms with Crippen LogP contribution in [0.4, 0.5) is 5.69 Å². The number of nitrogens with one attached hydrogen (secondary N) is 2. The zero-order valence-electron chi connectivity index (χ0n) is 14.2. The maximum absolute atomic E-state index is 12.3. The van der Waals surface area contributed by atoms with Crippen LogP contribution < -0.4 is 15.8 Å². The van der Waals surface area contributed by atoms with Gasteiger partial charge in [-0.05, 0) is 60.7 Å². The molecule has 0 unspecified atom stereocenters. The minimum absolute atomic E-state index is 0.0240. The number of carbonyl (C=O) groups is 1. The van der Waals surface area contributed by atoms with Crippen LogP contribution in [-0.4, -0.2) is 19.4 Å². The summed E-state index contributed by atoms with van der Waals surface area (Å²) in [7, 11) is -3.77. The van der Waals surface area contributed by atoms with E-state index in [1.165, 1.54) is 24.3 Å². The van der Waals surface area contributed by atoms with Crippen LogP contribution in [0.5, 0.6) is 0 Å². The summed E-state index contributed by atoms with van der Waals surface area (Å²) < 4.78 is 29.0. The van der Waals surface area contributed by atoms with Gasteiger partial charge >= 0.3 is 0 Å². The van der Waals surface area contributed by atoms with Gasteiger partial charge in [-0.25, -0.2) is 13.6 Å². The van der Waals surface area contributed by atoms with E-state index in [-0.39, 0.29) is 15.8 Å². The van der Waals surface area contributed by atoms with E-state index in [1.54, 1.807) is 12.1 Å². The highest BCUT2D eigenvalue weighted by atomic mass is 79.9. The van der Waals surface area contributed by atoms with Crippen LogP contribution in [0.25, 0.3) is 11.3 Å². The van der Waals surface area contributed by atoms with E-state index in [0.717, 1.165) is 10.0 Å². The lowest BCUT2D eigenvalue weighted by molar-refractivity contribution is 0.0951. The summed E-state index contributed by atoms with van der Waals surface area (Å²) in [5, 5.41) is 10.4. The molecule has 0 fully saturated rings. The Hall–Kier alpha value is -2.53. The van der Waals surface area contributed by atoms with Crippen LogP contribution in [0, 0.1) is 0 Å². The number of primary sulfonamides is 1. The van der Waals surface area contributed by atoms with E-state index in [0.29, 0.717) is 11.4 Å². The van der Waals surface area contributed by atoms with Crippen molar-refractivity contribution in [2.45, 2.75) is 4.90 Å². The zero-order chi connectivity index (χ0) is 20.3. The van der Waals surface area contributed by atoms with Gasteiger partial charge in [-0.2, -0.15) is 0 Å². The molecule has 3 rings (SSSR count). The van der Waals surface area contributed by atoms with Crippen LogP contribution in [0.15, 0.2) is 74.4 Å². The quantitative estimate of drug-likeness (QED) is 0.493. The monoisotopic (exact) mass is 479 g/mol. The molecule has 0 atom stereocenters. The fraction of sp³-hybridized carbons (Fsp3) is 0. The molecule has 0 saturated carbocycles. The molecule has 7 nitrogen and oxygen atoms in total. The number of sulfonamides is 1. The highest BCUT2D eigenvalue weighted by molar-refractivity contribution is 9.10. The molecule has 1 heterocycles. The lowest BCUT2D eigenvalue weighted by Crippen LogP contribution is -2.33. The number of carbonyl (C=O) groups excluding carboxylic acids is 1. The van der Waals surface area contributed by atoms with Crippen molar-refractivity contribution in [2.75, 3.05) is 5.32 Å². The Bertz CT molecular complexity index is 1120. The molecule has 10 heteroatoms. The summed E-state index contributed by atoms with van der Waals surface area (Å²) in [4.78, 5) is 12.3. The summed E-state index contributed by atoms with van der Waals surface area (Å²) in [6, 6.07) is 16.3. The first-order valence-electron chi connectivity index (χ1n) is 7.83. The molecule has 0 bridgehead atoms. The van der Waals surface area contributed by atoms with E-state index in [9.17, 15) is 13.2 Å². The van der Waals surface area contributed by atoms with Gasteiger partial charge in [-0.15, -0.1) is 0 Å². The number of anilines is 1. The molecule has 0 radical (unpaired) electrons. The molecule has 0 aliphatic rings. The van der Waals surface area contributed by atoms with Crippen molar-refractivity contribution < 1.29 is 17.6 Å². The minimum atomic E-state index is -3.77. The molecule has 0 saturated heterocycles. The van der Waals surface area contributed by atoms with Crippen molar-refractivity contribution in [3.63, 3.8) is 0 Å². The Kier molecular flexibility index (Phi) is 5.94. The number of amides is 1. The Morgan fingerprint density at radius 3 is 2.25 bits per heavy atom. The third kappa shape index (κ3) is 5.04. The highest BCUT2D eigenvalue weighted by Gasteiger charge is 2.14. The van der Waals surface area contributed by atoms with Gasteiger partial charge in [0, 0.05) is 15.7 Å². The van der Waals surface area contributed by atoms with Crippen LogP contribution in [0.1, 0.15) is 10.6 Å². The standard InChI is InChI=1S/C18H14BrN3O4S2/c19-12-3-1-11(2-4-12)15-9-10-16(26-15)17(23)22-18(27)21-13-5-7-14(8-6-13)28(20,24)25/h1-10H,(H2,20,24,25)(H2,21,22,23,27). The van der Waals surface area contributed by atoms with E-state index in [4.69, 9.17) is 21.8 Å². The summed E-state index contributed by atoms with van der Waals surface area (Å²) >= 11 is 8.46. The van der Waals surface area contributed by atoms with Gasteiger partial charge < -0.3 is 9.73 Å². The smallest absolute Gasteiger partial charge is 0.293 e. The molecule has 1 aromatic heterocycles. The fourth-order valence-electron chi connectivity index (χ4n) is 2.28. The summed E-state index contributed by atoms with van der Waals surface area (Å²) in [6.45, 7) is 0. The second-order valence-electron chi connectivity index (χ2n) is 5.65. The Morgan fingerprint density at radius 1 is 1.00 bits per heavy atom. The predicted octanol–water partition coefficient (Wildman–Crippen LogP) is 3.48. The normalized spacial score (nSPS) is 11.1. The van der Waals surface area contributed by atoms with Crippen molar-refractivity contribution in [3.8, 4) is 11.3 Å². The molecule has 144 valence electrons. The average molecular weight is 480 g/mol. The molecule has 0 aliphatic carbocycles. The molecule has 3 aromatic rings. The van der Waals surface area contributed by atoms with Crippen LogP contribution >= 0.6 is 28.1 Å². The molecular formula is C18H14BrN3O4S2. The SMILES string of the molecule is NS(=O)(=O)c1ccc(NC(=S)NC(=O)c2ccc(-c3ccc(Br)cc3)o2)cc1. The van der Waals surface area contributed by atoms with Crippen LogP contribution in [0.2, 0.25) is 0 Å². The lowest BCUT2D eigenvalue weighted by atomic mass is 10.2. The van der Waals surface area contributed by atoms with Crippen LogP contribution in [0.3, 0.4) is 0 Å². The second kappa shape index (κ2) is 8.23. The van der Waals surface area contributed by atoms with Gasteiger partial charge in [0.2, 0.25) is 10.0 Å². The molecule has 4 N–H and O–H groups in total. The average Bonchev–Trinajstić information content (AvgIpc) is 3.12. The minimum Gasteiger partial charge on any atom is -0.451 e. The fourth-order valence-corrected chi connectivity index (χ4v) is 3.27. The first kappa shape index (κ1) is 20.2. The number of hydrogen-bond acceptors (Lipinski definition) is 5. The highest BCUT2D eigenvalue weighted by Crippen LogP contribution is 2.24. The van der Waals surface area contributed by atoms with Crippen molar-refractivity contribution in [3.05, 3.63) is 70.9 Å². The number of benzene rings is 2. The Balaban J connectivity index is 1.63. The van der Waals surface area contributed by atoms with Gasteiger partial charge in [0.1, 0.15) is 5.76 Å². The topological polar surface area (TPSA) is 114 Å². The van der Waals surface area contributed by atoms with Crippen molar-refractivity contribution in [2.24, 2.45) is 5.14 Å². The van der Waals surface area contributed by atoms with Gasteiger partial charge in [0.05, 0.1) is 4.90 Å². The van der Waals surface area contributed by atoms with Crippen molar-refractivity contribution in [1.29, 1.82) is 0 Å². The van der Waals surface area contributed by atoms with Gasteiger partial charge in [-0.3, -0.25) is 10.1 Å². The number of nitrogens with two attached hydrogens (primary N) is 1. The van der Waals surface area contributed by atoms with E-state index >= 15 is 0 Å². The molecule has 1 amide bonds. The zero-order valence-corrected chi connectivity index (χ0v) is 17.4. The number of halogens is 1. The first-order valence-corrected chi connectivity index (χ1v) is 10.6. The van der Waals surface area contributed by atoms with E-state index in [1.807, 2.05) is 24.3 Å². The maximum atomic E-state index is 12.3.